The Morgan fingerprint density at radius 3 is 2.24 bits per heavy atom. The summed E-state index contributed by atoms with van der Waals surface area (Å²) < 4.78 is 1.37. The molecule has 17 heavy (non-hydrogen) atoms. The minimum atomic E-state index is 0. The fourth-order valence-corrected chi connectivity index (χ4v) is 2.10. The summed E-state index contributed by atoms with van der Waals surface area (Å²) in [6.45, 7) is 0. The second kappa shape index (κ2) is 7.52. The molecule has 0 atom stereocenters. The van der Waals surface area contributed by atoms with E-state index in [-0.39, 0.29) is 8.41 Å². The van der Waals surface area contributed by atoms with Gasteiger partial charge in [-0.1, -0.05) is 30.4 Å². The molecule has 2 heterocycles. The maximum atomic E-state index is 2.92. The zero-order valence-electron chi connectivity index (χ0n) is 9.41. The summed E-state index contributed by atoms with van der Waals surface area (Å²) in [5.74, 6) is 0. The predicted molar refractivity (Wildman–Crippen MR) is 78.1 cm³/mol. The molecule has 83 valence electrons. The molecular weight excluding hydrogens is 225 g/mol. The molecule has 0 aliphatic carbocycles. The zero-order valence-corrected chi connectivity index (χ0v) is 10.2. The molecule has 0 amide bonds. The third-order valence-corrected chi connectivity index (χ3v) is 2.98. The third-order valence-electron chi connectivity index (χ3n) is 2.08. The Morgan fingerprint density at radius 2 is 1.53 bits per heavy atom. The topological polar surface area (TPSA) is 12.0 Å². The number of fused-ring (bicyclic) bond motifs is 1. The average Bonchev–Trinajstić information content (AvgIpc) is 2.61. The molecule has 3 radical (unpaired) electrons. The molecule has 0 saturated carbocycles. The van der Waals surface area contributed by atoms with Crippen LogP contribution >= 0.6 is 11.3 Å². The van der Waals surface area contributed by atoms with Gasteiger partial charge in [0.15, 0.2) is 0 Å². The number of hydrogen-bond donors (Lipinski definition) is 1. The fourth-order valence-electron chi connectivity index (χ4n) is 1.31. The van der Waals surface area contributed by atoms with Crippen molar-refractivity contribution in [2.75, 3.05) is 0 Å². The first-order valence-electron chi connectivity index (χ1n) is 5.13. The van der Waals surface area contributed by atoms with Gasteiger partial charge >= 0.3 is 0 Å². The Hall–Kier alpha value is -1.74. The molecule has 1 aliphatic heterocycles. The Bertz CT molecular complexity index is 482. The van der Waals surface area contributed by atoms with Crippen LogP contribution in [0.25, 0.3) is 10.1 Å². The van der Waals surface area contributed by atoms with E-state index in [2.05, 4.69) is 41.0 Å². The van der Waals surface area contributed by atoms with Crippen molar-refractivity contribution in [2.45, 2.75) is 0 Å². The van der Waals surface area contributed by atoms with Gasteiger partial charge < -0.3 is 5.32 Å². The van der Waals surface area contributed by atoms with Gasteiger partial charge in [0.05, 0.1) is 0 Å². The molecule has 1 N–H and O–H groups in total. The molecule has 2 aromatic rings. The zero-order chi connectivity index (χ0) is 11.1. The van der Waals surface area contributed by atoms with Crippen LogP contribution in [0.15, 0.2) is 72.4 Å². The van der Waals surface area contributed by atoms with Crippen LogP contribution in [-0.4, -0.2) is 8.41 Å². The largest absolute Gasteiger partial charge is 0.368 e. The van der Waals surface area contributed by atoms with Crippen LogP contribution in [0.4, 0.5) is 0 Å². The van der Waals surface area contributed by atoms with Crippen molar-refractivity contribution < 1.29 is 0 Å². The van der Waals surface area contributed by atoms with Gasteiger partial charge in [-0.25, -0.2) is 0 Å². The number of rotatable bonds is 0. The highest BCUT2D eigenvalue weighted by atomic mass is 32.1. The summed E-state index contributed by atoms with van der Waals surface area (Å²) >= 11 is 1.79. The third kappa shape index (κ3) is 4.33. The summed E-state index contributed by atoms with van der Waals surface area (Å²) in [7, 11) is 0. The molecule has 1 aromatic heterocycles. The Balaban J connectivity index is 0.000000166. The quantitative estimate of drug-likeness (QED) is 0.690. The van der Waals surface area contributed by atoms with Gasteiger partial charge in [-0.2, -0.15) is 0 Å². The smallest absolute Gasteiger partial charge is 0.0342 e. The summed E-state index contributed by atoms with van der Waals surface area (Å²) in [4.78, 5) is 0. The molecule has 3 rings (SSSR count). The predicted octanol–water partition coefficient (Wildman–Crippen LogP) is 3.69. The van der Waals surface area contributed by atoms with Crippen LogP contribution in [0, 0.1) is 0 Å². The molecule has 1 nitrogen and oxygen atoms in total. The van der Waals surface area contributed by atoms with E-state index in [1.807, 2.05) is 36.7 Å². The highest BCUT2D eigenvalue weighted by molar-refractivity contribution is 7.17. The molecule has 0 unspecified atom stereocenters. The number of nitrogens with one attached hydrogen (secondary N) is 1. The van der Waals surface area contributed by atoms with Crippen LogP contribution < -0.4 is 5.32 Å². The van der Waals surface area contributed by atoms with E-state index in [1.165, 1.54) is 10.1 Å². The maximum absolute atomic E-state index is 2.92. The van der Waals surface area contributed by atoms with Gasteiger partial charge in [0.2, 0.25) is 0 Å². The van der Waals surface area contributed by atoms with E-state index in [0.29, 0.717) is 0 Å². The average molecular weight is 238 g/mol. The molecule has 0 saturated heterocycles. The molecule has 0 spiro atoms. The summed E-state index contributed by atoms with van der Waals surface area (Å²) in [6.07, 6.45) is 11.6. The first kappa shape index (κ1) is 13.3. The summed E-state index contributed by atoms with van der Waals surface area (Å²) in [6, 6.07) is 10.5. The van der Waals surface area contributed by atoms with Crippen molar-refractivity contribution in [2.24, 2.45) is 0 Å². The standard InChI is InChI=1S/C8H6S.C6H7N.B/c1-2-4-8-7(3-1)5-6-9-8;1-2-4-6-7-5-3-1;/h1-6H;1-7H;. The van der Waals surface area contributed by atoms with E-state index in [1.54, 1.807) is 11.3 Å². The van der Waals surface area contributed by atoms with E-state index in [0.717, 1.165) is 0 Å². The van der Waals surface area contributed by atoms with Gasteiger partial charge in [0.1, 0.15) is 0 Å². The van der Waals surface area contributed by atoms with E-state index >= 15 is 0 Å². The molecule has 1 aliphatic rings. The maximum Gasteiger partial charge on any atom is 0.0342 e. The second-order valence-corrected chi connectivity index (χ2v) is 4.18. The van der Waals surface area contributed by atoms with E-state index < -0.39 is 0 Å². The van der Waals surface area contributed by atoms with Crippen LogP contribution in [0.5, 0.6) is 0 Å². The number of allylic oxidation sites excluding steroid dienone is 4. The van der Waals surface area contributed by atoms with Gasteiger partial charge in [-0.05, 0) is 35.1 Å². The Kier molecular flexibility index (Phi) is 5.90. The number of hydrogen-bond acceptors (Lipinski definition) is 2. The van der Waals surface area contributed by atoms with Crippen molar-refractivity contribution >= 4 is 29.8 Å². The minimum Gasteiger partial charge on any atom is -0.368 e. The number of benzene rings is 1. The second-order valence-electron chi connectivity index (χ2n) is 3.23. The van der Waals surface area contributed by atoms with Crippen LogP contribution in [0.3, 0.4) is 0 Å². The molecule has 0 fully saturated rings. The highest BCUT2D eigenvalue weighted by Crippen LogP contribution is 2.18. The number of thiophene rings is 1. The lowest BCUT2D eigenvalue weighted by Gasteiger charge is -1.82. The van der Waals surface area contributed by atoms with Crippen molar-refractivity contribution in [1.29, 1.82) is 0 Å². The lowest BCUT2D eigenvalue weighted by molar-refractivity contribution is 1.20. The summed E-state index contributed by atoms with van der Waals surface area (Å²) in [5, 5.41) is 6.39. The van der Waals surface area contributed by atoms with Crippen molar-refractivity contribution in [3.63, 3.8) is 0 Å². The van der Waals surface area contributed by atoms with Gasteiger partial charge in [-0.3, -0.25) is 0 Å². The first-order chi connectivity index (χ1) is 7.97. The molecule has 1 aromatic carbocycles. The van der Waals surface area contributed by atoms with Crippen LogP contribution in [-0.2, 0) is 0 Å². The fraction of sp³-hybridized carbons (Fsp3) is 0. The first-order valence-corrected chi connectivity index (χ1v) is 6.01. The minimum absolute atomic E-state index is 0. The van der Waals surface area contributed by atoms with E-state index in [9.17, 15) is 0 Å². The highest BCUT2D eigenvalue weighted by Gasteiger charge is 1.87. The van der Waals surface area contributed by atoms with Crippen molar-refractivity contribution in [3.05, 3.63) is 72.4 Å². The lowest BCUT2D eigenvalue weighted by Crippen LogP contribution is -1.87. The van der Waals surface area contributed by atoms with Gasteiger partial charge in [0.25, 0.3) is 0 Å². The van der Waals surface area contributed by atoms with Crippen LogP contribution in [0.1, 0.15) is 0 Å². The Morgan fingerprint density at radius 1 is 0.824 bits per heavy atom. The lowest BCUT2D eigenvalue weighted by atomic mass is 10.3. The molecular formula is C14H13BNS. The van der Waals surface area contributed by atoms with E-state index in [4.69, 9.17) is 0 Å². The van der Waals surface area contributed by atoms with Crippen LogP contribution in [0.2, 0.25) is 0 Å². The van der Waals surface area contributed by atoms with Crippen molar-refractivity contribution in [3.8, 4) is 0 Å². The SMILES string of the molecule is C1=CC=CNC=C1.[B].c1ccc2sccc2c1. The Labute approximate surface area is 108 Å². The summed E-state index contributed by atoms with van der Waals surface area (Å²) in [5.41, 5.74) is 0. The molecule has 0 bridgehead atoms. The van der Waals surface area contributed by atoms with Crippen molar-refractivity contribution in [1.82, 2.24) is 5.32 Å². The molecule has 3 heteroatoms. The monoisotopic (exact) mass is 238 g/mol. The normalized spacial score (nSPS) is 12.0. The van der Waals surface area contributed by atoms with Gasteiger partial charge in [-0.15, -0.1) is 11.3 Å². The van der Waals surface area contributed by atoms with Gasteiger partial charge in [0, 0.05) is 25.5 Å².